The van der Waals surface area contributed by atoms with E-state index < -0.39 is 0 Å². The van der Waals surface area contributed by atoms with E-state index in [0.717, 1.165) is 18.3 Å². The fourth-order valence-corrected chi connectivity index (χ4v) is 11.2. The number of hydrogen-bond donors (Lipinski definition) is 0. The van der Waals surface area contributed by atoms with Gasteiger partial charge in [0.05, 0.1) is 0 Å². The molecule has 0 spiro atoms. The molecule has 5 rings (SSSR count). The first-order valence-electron chi connectivity index (χ1n) is 15.9. The molecule has 5 aliphatic carbocycles. The Bertz CT molecular complexity index is 956. The van der Waals surface area contributed by atoms with Crippen LogP contribution in [0.1, 0.15) is 140 Å². The molecule has 0 heterocycles. The maximum atomic E-state index is 12.7. The van der Waals surface area contributed by atoms with E-state index in [1.807, 2.05) is 5.57 Å². The van der Waals surface area contributed by atoms with Crippen molar-refractivity contribution in [2.45, 2.75) is 146 Å². The first kappa shape index (κ1) is 27.8. The summed E-state index contributed by atoms with van der Waals surface area (Å²) in [6.07, 6.45) is 16.5. The van der Waals surface area contributed by atoms with Crippen LogP contribution in [0.3, 0.4) is 0 Å². The van der Waals surface area contributed by atoms with Crippen LogP contribution in [0.4, 0.5) is 0 Å². The second kappa shape index (κ2) is 8.60. The summed E-state index contributed by atoms with van der Waals surface area (Å²) < 4.78 is 6.22. The van der Waals surface area contributed by atoms with Gasteiger partial charge in [-0.25, -0.2) is 0 Å². The Morgan fingerprint density at radius 3 is 2.24 bits per heavy atom. The van der Waals surface area contributed by atoms with E-state index >= 15 is 0 Å². The number of hydrogen-bond acceptors (Lipinski definition) is 2. The molecule has 0 aromatic carbocycles. The summed E-state index contributed by atoms with van der Waals surface area (Å²) in [6, 6.07) is 0. The van der Waals surface area contributed by atoms with Gasteiger partial charge in [-0.1, -0.05) is 80.9 Å². The Labute approximate surface area is 229 Å². The van der Waals surface area contributed by atoms with Gasteiger partial charge in [0.15, 0.2) is 0 Å². The van der Waals surface area contributed by atoms with Gasteiger partial charge in [0.1, 0.15) is 6.10 Å². The number of carbonyl (C=O) groups is 1. The first-order valence-corrected chi connectivity index (χ1v) is 15.9. The van der Waals surface area contributed by atoms with Crippen molar-refractivity contribution in [3.05, 3.63) is 11.6 Å². The molecule has 4 saturated carbocycles. The summed E-state index contributed by atoms with van der Waals surface area (Å²) in [5, 5.41) is 0. The van der Waals surface area contributed by atoms with Crippen molar-refractivity contribution in [3.8, 4) is 0 Å². The van der Waals surface area contributed by atoms with E-state index in [9.17, 15) is 4.79 Å². The molecule has 4 fully saturated rings. The van der Waals surface area contributed by atoms with Crippen LogP contribution in [0.25, 0.3) is 0 Å². The molecular formula is C35H58O2. The molecule has 0 aromatic heterocycles. The van der Waals surface area contributed by atoms with Gasteiger partial charge in [-0.3, -0.25) is 4.79 Å². The Balaban J connectivity index is 1.46. The maximum Gasteiger partial charge on any atom is 0.306 e. The first-order chi connectivity index (χ1) is 17.0. The smallest absolute Gasteiger partial charge is 0.306 e. The van der Waals surface area contributed by atoms with Gasteiger partial charge in [0.2, 0.25) is 0 Å². The molecule has 0 N–H and O–H groups in total. The molecule has 0 aliphatic heterocycles. The van der Waals surface area contributed by atoms with Crippen molar-refractivity contribution in [2.75, 3.05) is 0 Å². The molecule has 2 nitrogen and oxygen atoms in total. The van der Waals surface area contributed by atoms with E-state index in [4.69, 9.17) is 4.74 Å². The maximum absolute atomic E-state index is 12.7. The average molecular weight is 511 g/mol. The molecule has 0 unspecified atom stereocenters. The zero-order valence-corrected chi connectivity index (χ0v) is 26.1. The molecule has 0 bridgehead atoms. The zero-order valence-electron chi connectivity index (χ0n) is 26.1. The van der Waals surface area contributed by atoms with Crippen molar-refractivity contribution in [1.29, 1.82) is 0 Å². The van der Waals surface area contributed by atoms with Crippen molar-refractivity contribution in [3.63, 3.8) is 0 Å². The predicted molar refractivity (Wildman–Crippen MR) is 154 cm³/mol. The van der Waals surface area contributed by atoms with Gasteiger partial charge in [-0.2, -0.15) is 0 Å². The summed E-state index contributed by atoms with van der Waals surface area (Å²) in [5.74, 6) is 2.47. The number of rotatable bonds is 3. The fraction of sp³-hybridized carbons (Fsp3) is 0.914. The minimum atomic E-state index is 0.00994. The molecule has 8 atom stereocenters. The molecular weight excluding hydrogens is 452 g/mol. The Morgan fingerprint density at radius 2 is 1.57 bits per heavy atom. The number of carbonyl (C=O) groups excluding carboxylic acids is 1. The van der Waals surface area contributed by atoms with Crippen LogP contribution < -0.4 is 0 Å². The highest BCUT2D eigenvalue weighted by molar-refractivity contribution is 5.69. The zero-order chi connectivity index (χ0) is 27.2. The van der Waals surface area contributed by atoms with E-state index in [1.54, 1.807) is 0 Å². The SMILES string of the molecule is CC(C)CC(=O)O[C@H]1CC[C@]2(C)[C@H]3CC=C4[C@@H]5CC(C)(C)CC[C@]5(C)CC[C@@]4(C)[C@]3(C)CC[C@H]2C1(C)C. The molecule has 2 heteroatoms. The minimum Gasteiger partial charge on any atom is -0.462 e. The van der Waals surface area contributed by atoms with Crippen LogP contribution in [0, 0.1) is 56.2 Å². The van der Waals surface area contributed by atoms with E-state index in [0.29, 0.717) is 45.3 Å². The standard InChI is InChI=1S/C35H58O2/c1-23(2)21-29(36)37-28-14-15-33(8)26(31(28,5)6)13-16-35(10)27(33)12-11-24-25-22-30(3,4)17-18-32(25,7)19-20-34(24,35)9/h11,23,25-28H,12-22H2,1-10H3/t25-,26-,27+,28-,32+,33-,34+,35+/m0/s1. The molecule has 37 heavy (non-hydrogen) atoms. The van der Waals surface area contributed by atoms with Crippen molar-refractivity contribution < 1.29 is 9.53 Å². The molecule has 0 saturated heterocycles. The molecule has 0 amide bonds. The molecule has 0 aromatic rings. The van der Waals surface area contributed by atoms with E-state index in [1.165, 1.54) is 57.8 Å². The lowest BCUT2D eigenvalue weighted by atomic mass is 9.33. The van der Waals surface area contributed by atoms with Crippen molar-refractivity contribution in [1.82, 2.24) is 0 Å². The summed E-state index contributed by atoms with van der Waals surface area (Å²) in [7, 11) is 0. The van der Waals surface area contributed by atoms with Gasteiger partial charge >= 0.3 is 5.97 Å². The summed E-state index contributed by atoms with van der Waals surface area (Å²) >= 11 is 0. The topological polar surface area (TPSA) is 26.3 Å². The molecule has 0 radical (unpaired) electrons. The monoisotopic (exact) mass is 510 g/mol. The Hall–Kier alpha value is -0.790. The van der Waals surface area contributed by atoms with E-state index in [2.05, 4.69) is 75.3 Å². The largest absolute Gasteiger partial charge is 0.462 e. The number of allylic oxidation sites excluding steroid dienone is 2. The third kappa shape index (κ3) is 4.03. The second-order valence-corrected chi connectivity index (χ2v) is 17.3. The van der Waals surface area contributed by atoms with Crippen LogP contribution in [-0.2, 0) is 9.53 Å². The lowest BCUT2D eigenvalue weighted by Gasteiger charge is -2.71. The summed E-state index contributed by atoms with van der Waals surface area (Å²) in [5.41, 5.74) is 3.88. The summed E-state index contributed by atoms with van der Waals surface area (Å²) in [4.78, 5) is 12.7. The van der Waals surface area contributed by atoms with Crippen molar-refractivity contribution >= 4 is 5.97 Å². The van der Waals surface area contributed by atoms with Gasteiger partial charge in [0.25, 0.3) is 0 Å². The molecule has 5 aliphatic rings. The van der Waals surface area contributed by atoms with Gasteiger partial charge < -0.3 is 4.74 Å². The van der Waals surface area contributed by atoms with E-state index in [-0.39, 0.29) is 17.5 Å². The van der Waals surface area contributed by atoms with Crippen molar-refractivity contribution in [2.24, 2.45) is 56.2 Å². The summed E-state index contributed by atoms with van der Waals surface area (Å²) in [6.45, 7) is 24.8. The van der Waals surface area contributed by atoms with Gasteiger partial charge in [-0.05, 0) is 115 Å². The van der Waals surface area contributed by atoms with Crippen LogP contribution in [0.5, 0.6) is 0 Å². The predicted octanol–water partition coefficient (Wildman–Crippen LogP) is 9.77. The highest BCUT2D eigenvalue weighted by Crippen LogP contribution is 2.75. The minimum absolute atomic E-state index is 0.00994. The third-order valence-corrected chi connectivity index (χ3v) is 13.8. The Morgan fingerprint density at radius 1 is 0.892 bits per heavy atom. The Kier molecular flexibility index (Phi) is 6.46. The second-order valence-electron chi connectivity index (χ2n) is 17.3. The highest BCUT2D eigenvalue weighted by Gasteiger charge is 2.68. The lowest BCUT2D eigenvalue weighted by molar-refractivity contribution is -0.212. The lowest BCUT2D eigenvalue weighted by Crippen LogP contribution is -2.64. The highest BCUT2D eigenvalue weighted by atomic mass is 16.5. The van der Waals surface area contributed by atoms with Crippen LogP contribution in [0.15, 0.2) is 11.6 Å². The normalized spacial score (nSPS) is 48.1. The molecule has 210 valence electrons. The van der Waals surface area contributed by atoms with Crippen LogP contribution in [-0.4, -0.2) is 12.1 Å². The van der Waals surface area contributed by atoms with Gasteiger partial charge in [0, 0.05) is 11.8 Å². The van der Waals surface area contributed by atoms with Crippen LogP contribution in [0.2, 0.25) is 0 Å². The number of fused-ring (bicyclic) bond motifs is 7. The van der Waals surface area contributed by atoms with Gasteiger partial charge in [-0.15, -0.1) is 0 Å². The number of ether oxygens (including phenoxy) is 1. The average Bonchev–Trinajstić information content (AvgIpc) is 2.77. The number of esters is 1. The fourth-order valence-electron chi connectivity index (χ4n) is 11.2. The third-order valence-electron chi connectivity index (χ3n) is 13.8. The quantitative estimate of drug-likeness (QED) is 0.279. The van der Waals surface area contributed by atoms with Crippen LogP contribution >= 0.6 is 0 Å².